The van der Waals surface area contributed by atoms with E-state index in [1.165, 1.54) is 0 Å². The Hall–Kier alpha value is -0.181. The topological polar surface area (TPSA) is 0 Å². The van der Waals surface area contributed by atoms with Crippen molar-refractivity contribution in [3.8, 4) is 0 Å². The SMILES string of the molecule is C1=CC=C=[Se]=1. The van der Waals surface area contributed by atoms with Crippen LogP contribution in [-0.2, 0) is 0 Å². The summed E-state index contributed by atoms with van der Waals surface area (Å²) >= 11 is 0.458. The molecular weight excluding hydrogens is 127 g/mol. The van der Waals surface area contributed by atoms with Crippen LogP contribution in [-0.4, -0.2) is 23.2 Å². The Kier molecular flexibility index (Phi) is 0.791. The molecule has 0 atom stereocenters. The van der Waals surface area contributed by atoms with Gasteiger partial charge in [-0.05, 0) is 0 Å². The van der Waals surface area contributed by atoms with E-state index >= 15 is 0 Å². The summed E-state index contributed by atoms with van der Waals surface area (Å²) in [6.45, 7) is 0. The maximum absolute atomic E-state index is 2.99. The van der Waals surface area contributed by atoms with Crippen molar-refractivity contribution >= 4 is 23.2 Å². The molecule has 0 bridgehead atoms. The van der Waals surface area contributed by atoms with Gasteiger partial charge in [-0.2, -0.15) is 0 Å². The molecule has 0 aliphatic carbocycles. The second-order valence-electron chi connectivity index (χ2n) is 0.671. The third-order valence-electron chi connectivity index (χ3n) is 0.337. The van der Waals surface area contributed by atoms with Crippen LogP contribution in [0.5, 0.6) is 0 Å². The van der Waals surface area contributed by atoms with Gasteiger partial charge in [-0.15, -0.1) is 0 Å². The molecule has 1 aliphatic heterocycles. The summed E-state index contributed by atoms with van der Waals surface area (Å²) in [5.74, 6) is 0. The van der Waals surface area contributed by atoms with Gasteiger partial charge in [0, 0.05) is 0 Å². The third kappa shape index (κ3) is 0.544. The Labute approximate surface area is 36.1 Å². The molecule has 1 heteroatoms. The fraction of sp³-hybridized carbons (Fsp3) is 0. The van der Waals surface area contributed by atoms with Crippen LogP contribution in [0.15, 0.2) is 12.2 Å². The molecule has 24 valence electrons. The molecule has 0 unspecified atom stereocenters. The Balaban J connectivity index is 3.50. The normalized spacial score (nSPS) is 12.8. The van der Waals surface area contributed by atoms with E-state index in [2.05, 4.69) is 9.15 Å². The minimum atomic E-state index is 0.458. The minimum absolute atomic E-state index is 0.458. The van der Waals surface area contributed by atoms with Gasteiger partial charge in [0.25, 0.3) is 0 Å². The molecule has 0 N–H and O–H groups in total. The summed E-state index contributed by atoms with van der Waals surface area (Å²) in [5, 5.41) is 0. The maximum atomic E-state index is 2.99. The van der Waals surface area contributed by atoms with Crippen LogP contribution in [0, 0.1) is 0 Å². The van der Waals surface area contributed by atoms with E-state index in [4.69, 9.17) is 0 Å². The number of hydrogen-bond acceptors (Lipinski definition) is 0. The van der Waals surface area contributed by atoms with E-state index in [0.29, 0.717) is 14.1 Å². The van der Waals surface area contributed by atoms with Crippen molar-refractivity contribution in [3.63, 3.8) is 0 Å². The number of allylic oxidation sites excluding steroid dienone is 2. The summed E-state index contributed by atoms with van der Waals surface area (Å²) in [6.07, 6.45) is 3.81. The zero-order valence-electron chi connectivity index (χ0n) is 2.56. The molecule has 1 heterocycles. The number of rotatable bonds is 0. The van der Waals surface area contributed by atoms with Crippen LogP contribution in [0.4, 0.5) is 0 Å². The molecule has 0 spiro atoms. The first-order chi connectivity index (χ1) is 2.50. The summed E-state index contributed by atoms with van der Waals surface area (Å²) in [5.41, 5.74) is 0. The van der Waals surface area contributed by atoms with Gasteiger partial charge in [-0.3, -0.25) is 0 Å². The van der Waals surface area contributed by atoms with Gasteiger partial charge in [-0.25, -0.2) is 0 Å². The predicted molar refractivity (Wildman–Crippen MR) is 24.9 cm³/mol. The average molecular weight is 129 g/mol. The molecule has 0 saturated carbocycles. The molecule has 0 aromatic heterocycles. The predicted octanol–water partition coefficient (Wildman–Crippen LogP) is -0.381. The third-order valence-corrected chi connectivity index (χ3v) is 1.40. The summed E-state index contributed by atoms with van der Waals surface area (Å²) < 4.78 is 5.99. The fourth-order valence-corrected chi connectivity index (χ4v) is 0.884. The molecule has 1 rings (SSSR count). The van der Waals surface area contributed by atoms with Crippen LogP contribution in [0.25, 0.3) is 0 Å². The molecule has 1 aliphatic rings. The summed E-state index contributed by atoms with van der Waals surface area (Å²) in [7, 11) is 0. The van der Waals surface area contributed by atoms with Crippen molar-refractivity contribution in [2.45, 2.75) is 0 Å². The van der Waals surface area contributed by atoms with Gasteiger partial charge < -0.3 is 0 Å². The molecule has 0 radical (unpaired) electrons. The first kappa shape index (κ1) is 3.03. The van der Waals surface area contributed by atoms with E-state index in [1.54, 1.807) is 0 Å². The second-order valence-corrected chi connectivity index (χ2v) is 2.09. The van der Waals surface area contributed by atoms with Crippen molar-refractivity contribution in [2.75, 3.05) is 0 Å². The van der Waals surface area contributed by atoms with Crippen molar-refractivity contribution in [1.29, 1.82) is 0 Å². The second kappa shape index (κ2) is 1.31. The summed E-state index contributed by atoms with van der Waals surface area (Å²) in [4.78, 5) is 0. The molecule has 0 nitrogen and oxygen atoms in total. The Morgan fingerprint density at radius 3 is 2.00 bits per heavy atom. The van der Waals surface area contributed by atoms with Gasteiger partial charge in [0.2, 0.25) is 0 Å². The molecule has 0 aromatic rings. The van der Waals surface area contributed by atoms with Gasteiger partial charge >= 0.3 is 35.4 Å². The van der Waals surface area contributed by atoms with Gasteiger partial charge in [-0.1, -0.05) is 0 Å². The van der Waals surface area contributed by atoms with Crippen LogP contribution in [0.1, 0.15) is 0 Å². The standard InChI is InChI=1S/C4H2Se/c1-2-4-5-3-1/h1-2H. The molecule has 0 saturated heterocycles. The quantitative estimate of drug-likeness (QED) is 0.391. The van der Waals surface area contributed by atoms with E-state index in [-0.39, 0.29) is 0 Å². The van der Waals surface area contributed by atoms with Crippen LogP contribution < -0.4 is 0 Å². The first-order valence-corrected chi connectivity index (χ1v) is 3.03. The van der Waals surface area contributed by atoms with E-state index in [9.17, 15) is 0 Å². The fourth-order valence-electron chi connectivity index (χ4n) is 0.170. The van der Waals surface area contributed by atoms with E-state index < -0.39 is 0 Å². The average Bonchev–Trinajstić information content (AvgIpc) is 1.76. The van der Waals surface area contributed by atoms with E-state index in [1.807, 2.05) is 12.2 Å². The zero-order chi connectivity index (χ0) is 3.54. The summed E-state index contributed by atoms with van der Waals surface area (Å²) in [6, 6.07) is 0. The Morgan fingerprint density at radius 2 is 1.80 bits per heavy atom. The van der Waals surface area contributed by atoms with Gasteiger partial charge in [0.1, 0.15) is 0 Å². The Bertz CT molecular complexity index is 132. The van der Waals surface area contributed by atoms with E-state index in [0.717, 1.165) is 0 Å². The Morgan fingerprint density at radius 1 is 1.20 bits per heavy atom. The van der Waals surface area contributed by atoms with Gasteiger partial charge in [0.15, 0.2) is 0 Å². The molecule has 5 heavy (non-hydrogen) atoms. The van der Waals surface area contributed by atoms with Crippen molar-refractivity contribution in [2.24, 2.45) is 0 Å². The molecular formula is C4H2Se. The monoisotopic (exact) mass is 130 g/mol. The van der Waals surface area contributed by atoms with Gasteiger partial charge in [0.05, 0.1) is 0 Å². The van der Waals surface area contributed by atoms with Crippen molar-refractivity contribution < 1.29 is 0 Å². The van der Waals surface area contributed by atoms with Crippen LogP contribution in [0.2, 0.25) is 0 Å². The first-order valence-electron chi connectivity index (χ1n) is 1.32. The molecule has 0 aromatic carbocycles. The zero-order valence-corrected chi connectivity index (χ0v) is 4.28. The molecule has 0 amide bonds. The van der Waals surface area contributed by atoms with Crippen LogP contribution >= 0.6 is 0 Å². The molecule has 0 fully saturated rings. The van der Waals surface area contributed by atoms with Crippen molar-refractivity contribution in [1.82, 2.24) is 0 Å². The number of hydrogen-bond donors (Lipinski definition) is 0. The van der Waals surface area contributed by atoms with Crippen molar-refractivity contribution in [3.05, 3.63) is 12.2 Å². The van der Waals surface area contributed by atoms with Crippen LogP contribution in [0.3, 0.4) is 0 Å².